The van der Waals surface area contributed by atoms with E-state index in [4.69, 9.17) is 15.0 Å². The highest BCUT2D eigenvalue weighted by molar-refractivity contribution is 6.12. The summed E-state index contributed by atoms with van der Waals surface area (Å²) in [5, 5.41) is 4.89. The molecule has 0 aliphatic carbocycles. The first-order valence-corrected chi connectivity index (χ1v) is 20.8. The molecule has 3 heterocycles. The van der Waals surface area contributed by atoms with Gasteiger partial charge in [0.05, 0.1) is 22.1 Å². The Morgan fingerprint density at radius 1 is 0.323 bits per heavy atom. The minimum Gasteiger partial charge on any atom is -0.309 e. The highest BCUT2D eigenvalue weighted by Crippen LogP contribution is 2.38. The molecule has 0 fully saturated rings. The molecular weight excluding hydrogens is 755 g/mol. The van der Waals surface area contributed by atoms with Crippen molar-refractivity contribution in [2.45, 2.75) is 0 Å². The van der Waals surface area contributed by atoms with Crippen LogP contribution in [0.1, 0.15) is 0 Å². The molecule has 0 radical (unpaired) electrons. The van der Waals surface area contributed by atoms with Crippen LogP contribution < -0.4 is 0 Å². The largest absolute Gasteiger partial charge is 0.309 e. The number of benzene rings is 8. The van der Waals surface area contributed by atoms with Crippen LogP contribution in [-0.4, -0.2) is 24.1 Å². The summed E-state index contributed by atoms with van der Waals surface area (Å²) in [4.78, 5) is 15.6. The van der Waals surface area contributed by atoms with E-state index in [0.29, 0.717) is 17.5 Å². The normalized spacial score (nSPS) is 11.4. The van der Waals surface area contributed by atoms with Gasteiger partial charge in [0.25, 0.3) is 0 Å². The van der Waals surface area contributed by atoms with Crippen molar-refractivity contribution in [3.63, 3.8) is 0 Å². The number of para-hydroxylation sites is 3. The van der Waals surface area contributed by atoms with Crippen LogP contribution in [-0.2, 0) is 0 Å². The summed E-state index contributed by atoms with van der Waals surface area (Å²) in [5.74, 6) is 1.76. The molecule has 12 rings (SSSR count). The highest BCUT2D eigenvalue weighted by Gasteiger charge is 2.20. The molecule has 0 aliphatic rings. The summed E-state index contributed by atoms with van der Waals surface area (Å²) in [6, 6.07) is 80.8. The van der Waals surface area contributed by atoms with Gasteiger partial charge < -0.3 is 9.13 Å². The molecule has 5 nitrogen and oxygen atoms in total. The molecule has 0 bridgehead atoms. The molecule has 288 valence electrons. The second-order valence-corrected chi connectivity index (χ2v) is 15.4. The Hall–Kier alpha value is -8.59. The lowest BCUT2D eigenvalue weighted by atomic mass is 9.98. The van der Waals surface area contributed by atoms with Gasteiger partial charge in [-0.15, -0.1) is 0 Å². The molecule has 0 amide bonds. The monoisotopic (exact) mass is 789 g/mol. The lowest BCUT2D eigenvalue weighted by Crippen LogP contribution is -2.02. The topological polar surface area (TPSA) is 48.5 Å². The van der Waals surface area contributed by atoms with E-state index in [1.54, 1.807) is 0 Å². The van der Waals surface area contributed by atoms with Gasteiger partial charge in [0.15, 0.2) is 17.5 Å². The summed E-state index contributed by atoms with van der Waals surface area (Å²) < 4.78 is 4.74. The second kappa shape index (κ2) is 14.6. The van der Waals surface area contributed by atoms with Gasteiger partial charge >= 0.3 is 0 Å². The molecule has 0 N–H and O–H groups in total. The maximum atomic E-state index is 5.21. The van der Waals surface area contributed by atoms with Crippen molar-refractivity contribution in [1.29, 1.82) is 0 Å². The van der Waals surface area contributed by atoms with Crippen LogP contribution in [0.25, 0.3) is 111 Å². The van der Waals surface area contributed by atoms with Crippen molar-refractivity contribution in [3.8, 4) is 67.8 Å². The Labute approximate surface area is 358 Å². The first-order chi connectivity index (χ1) is 30.8. The van der Waals surface area contributed by atoms with Gasteiger partial charge in [-0.2, -0.15) is 0 Å². The van der Waals surface area contributed by atoms with Crippen molar-refractivity contribution in [3.05, 3.63) is 224 Å². The summed E-state index contributed by atoms with van der Waals surface area (Å²) in [6.45, 7) is 0. The zero-order valence-corrected chi connectivity index (χ0v) is 33.4. The van der Waals surface area contributed by atoms with Crippen LogP contribution in [0.5, 0.6) is 0 Å². The molecule has 0 atom stereocenters. The Balaban J connectivity index is 1.00. The Morgan fingerprint density at radius 2 is 0.806 bits per heavy atom. The first-order valence-electron chi connectivity index (χ1n) is 20.8. The zero-order chi connectivity index (χ0) is 41.0. The Bertz CT molecular complexity index is 3470. The van der Waals surface area contributed by atoms with Crippen molar-refractivity contribution >= 4 is 43.6 Å². The number of hydrogen-bond donors (Lipinski definition) is 0. The molecule has 0 aliphatic heterocycles. The fourth-order valence-corrected chi connectivity index (χ4v) is 9.04. The fraction of sp³-hybridized carbons (Fsp3) is 0. The maximum absolute atomic E-state index is 5.21. The maximum Gasteiger partial charge on any atom is 0.165 e. The van der Waals surface area contributed by atoms with Gasteiger partial charge in [0.1, 0.15) is 0 Å². The molecule has 62 heavy (non-hydrogen) atoms. The smallest absolute Gasteiger partial charge is 0.165 e. The molecule has 0 unspecified atom stereocenters. The second-order valence-electron chi connectivity index (χ2n) is 15.4. The fourth-order valence-electron chi connectivity index (χ4n) is 9.04. The zero-order valence-electron chi connectivity index (χ0n) is 33.4. The Kier molecular flexibility index (Phi) is 8.33. The number of fused-ring (bicyclic) bond motifs is 6. The average molecular weight is 790 g/mol. The summed E-state index contributed by atoms with van der Waals surface area (Å²) in [7, 11) is 0. The third-order valence-corrected chi connectivity index (χ3v) is 11.9. The average Bonchev–Trinajstić information content (AvgIpc) is 3.87. The molecule has 0 saturated carbocycles. The number of rotatable bonds is 7. The molecule has 9 aromatic carbocycles. The van der Waals surface area contributed by atoms with E-state index >= 15 is 0 Å². The SMILES string of the molecule is c1ccc(-c2nc(-c3ccc(-n4c5ccccc5c5cc(-n6c7ccccc7c7ccccc76)ccc54)cc3)nc(-c3ccccc3-c3ccccc3)n2)c(-c2ccccc2)c#1. The lowest BCUT2D eigenvalue weighted by molar-refractivity contribution is 1.07. The standard InChI is InChI=1S/C57H35N5/c1-3-17-38(18-4-1)43-21-7-9-26-48(43)56-58-55(59-57(60-56)49-27-10-8-22-44(49)39-19-5-2-6-20-39)40-31-33-41(34-32-40)61-53-30-16-13-25-47(53)50-37-42(35-36-54(50)61)62-51-28-14-11-23-45(51)46-24-12-15-29-52(46)62/h1-7,9-21,23-37H. The molecule has 12 aromatic rings. The highest BCUT2D eigenvalue weighted by atomic mass is 15.0. The van der Waals surface area contributed by atoms with E-state index < -0.39 is 0 Å². The minimum absolute atomic E-state index is 0.572. The molecular formula is C57H35N5. The molecule has 0 spiro atoms. The number of aromatic nitrogens is 5. The third kappa shape index (κ3) is 5.85. The lowest BCUT2D eigenvalue weighted by Gasteiger charge is -2.14. The van der Waals surface area contributed by atoms with Gasteiger partial charge in [-0.25, -0.2) is 15.0 Å². The van der Waals surface area contributed by atoms with E-state index in [1.165, 1.54) is 32.6 Å². The van der Waals surface area contributed by atoms with Gasteiger partial charge in [-0.3, -0.25) is 0 Å². The molecule has 0 saturated heterocycles. The summed E-state index contributed by atoms with van der Waals surface area (Å²) in [5.41, 5.74) is 13.6. The van der Waals surface area contributed by atoms with E-state index in [1.807, 2.05) is 42.5 Å². The van der Waals surface area contributed by atoms with Crippen molar-refractivity contribution < 1.29 is 0 Å². The van der Waals surface area contributed by atoms with E-state index in [0.717, 1.165) is 61.4 Å². The van der Waals surface area contributed by atoms with E-state index in [9.17, 15) is 0 Å². The molecule has 3 aromatic heterocycles. The van der Waals surface area contributed by atoms with Gasteiger partial charge in [0.2, 0.25) is 0 Å². The van der Waals surface area contributed by atoms with Crippen LogP contribution in [0.3, 0.4) is 0 Å². The number of nitrogens with zero attached hydrogens (tertiary/aromatic N) is 5. The van der Waals surface area contributed by atoms with E-state index in [2.05, 4.69) is 191 Å². The minimum atomic E-state index is 0.572. The van der Waals surface area contributed by atoms with Gasteiger partial charge in [-0.1, -0.05) is 152 Å². The van der Waals surface area contributed by atoms with Crippen LogP contribution in [0.4, 0.5) is 0 Å². The van der Waals surface area contributed by atoms with E-state index in [-0.39, 0.29) is 0 Å². The first kappa shape index (κ1) is 35.4. The third-order valence-electron chi connectivity index (χ3n) is 11.9. The number of hydrogen-bond acceptors (Lipinski definition) is 3. The van der Waals surface area contributed by atoms with Crippen LogP contribution in [0, 0.1) is 12.1 Å². The summed E-state index contributed by atoms with van der Waals surface area (Å²) in [6.07, 6.45) is 0. The van der Waals surface area contributed by atoms with Crippen LogP contribution in [0.15, 0.2) is 212 Å². The van der Waals surface area contributed by atoms with Gasteiger partial charge in [0, 0.05) is 55.2 Å². The quantitative estimate of drug-likeness (QED) is 0.162. The van der Waals surface area contributed by atoms with Crippen molar-refractivity contribution in [1.82, 2.24) is 24.1 Å². The van der Waals surface area contributed by atoms with Crippen molar-refractivity contribution in [2.75, 3.05) is 0 Å². The molecule has 5 heteroatoms. The summed E-state index contributed by atoms with van der Waals surface area (Å²) >= 11 is 0. The van der Waals surface area contributed by atoms with Crippen LogP contribution in [0.2, 0.25) is 0 Å². The van der Waals surface area contributed by atoms with Crippen LogP contribution >= 0.6 is 0 Å². The van der Waals surface area contributed by atoms with Gasteiger partial charge in [-0.05, 0) is 89.5 Å². The predicted octanol–water partition coefficient (Wildman–Crippen LogP) is 14.0. The predicted molar refractivity (Wildman–Crippen MR) is 253 cm³/mol. The van der Waals surface area contributed by atoms with Crippen molar-refractivity contribution in [2.24, 2.45) is 0 Å². The Morgan fingerprint density at radius 3 is 1.47 bits per heavy atom.